The lowest BCUT2D eigenvalue weighted by Crippen LogP contribution is -1.90. The van der Waals surface area contributed by atoms with E-state index >= 15 is 0 Å². The minimum Gasteiger partial charge on any atom is -0.316 e. The van der Waals surface area contributed by atoms with Gasteiger partial charge < -0.3 is 4.57 Å². The van der Waals surface area contributed by atoms with Gasteiger partial charge >= 0.3 is 0 Å². The largest absolute Gasteiger partial charge is 0.316 e. The highest BCUT2D eigenvalue weighted by Gasteiger charge is 2.09. The molecule has 0 aliphatic heterocycles. The third-order valence-corrected chi connectivity index (χ3v) is 3.66. The maximum Gasteiger partial charge on any atom is 0.0994 e. The van der Waals surface area contributed by atoms with Crippen molar-refractivity contribution in [2.24, 2.45) is 0 Å². The molecule has 0 radical (unpaired) electrons. The van der Waals surface area contributed by atoms with Crippen LogP contribution in [0.4, 0.5) is 0 Å². The molecule has 0 saturated heterocycles. The predicted octanol–water partition coefficient (Wildman–Crippen LogP) is 5.11. The molecule has 0 spiro atoms. The third-order valence-electron chi connectivity index (χ3n) is 3.66. The molecule has 106 valence electrons. The van der Waals surface area contributed by atoms with E-state index in [4.69, 9.17) is 0 Å². The molecule has 1 aromatic heterocycles. The van der Waals surface area contributed by atoms with Gasteiger partial charge in [0.05, 0.1) is 17.2 Å². The average Bonchev–Trinajstić information content (AvgIpc) is 2.92. The Morgan fingerprint density at radius 1 is 1.09 bits per heavy atom. The molecule has 0 fully saturated rings. The van der Waals surface area contributed by atoms with E-state index in [1.165, 1.54) is 0 Å². The topological polar surface area (TPSA) is 28.7 Å². The van der Waals surface area contributed by atoms with Crippen LogP contribution < -0.4 is 0 Å². The molecule has 2 aromatic carbocycles. The van der Waals surface area contributed by atoms with Crippen LogP contribution >= 0.6 is 0 Å². The molecule has 22 heavy (non-hydrogen) atoms. The zero-order chi connectivity index (χ0) is 15.5. The first-order valence-electron chi connectivity index (χ1n) is 7.14. The van der Waals surface area contributed by atoms with Gasteiger partial charge in [-0.3, -0.25) is 0 Å². The first-order chi connectivity index (χ1) is 10.7. The second-order valence-corrected chi connectivity index (χ2v) is 5.26. The predicted molar refractivity (Wildman–Crippen MR) is 91.7 cm³/mol. The van der Waals surface area contributed by atoms with Crippen molar-refractivity contribution in [1.82, 2.24) is 4.57 Å². The maximum atomic E-state index is 9.27. The van der Waals surface area contributed by atoms with Crippen LogP contribution in [-0.2, 0) is 0 Å². The summed E-state index contributed by atoms with van der Waals surface area (Å²) in [6.45, 7) is 5.72. The maximum absolute atomic E-state index is 9.27. The van der Waals surface area contributed by atoms with Crippen LogP contribution in [0, 0.1) is 11.3 Å². The number of nitrogens with zero attached hydrogens (tertiary/aromatic N) is 2. The van der Waals surface area contributed by atoms with Crippen LogP contribution in [0.5, 0.6) is 0 Å². The van der Waals surface area contributed by atoms with Crippen molar-refractivity contribution < 1.29 is 0 Å². The third kappa shape index (κ3) is 2.45. The molecule has 3 aromatic rings. The van der Waals surface area contributed by atoms with Gasteiger partial charge in [0.25, 0.3) is 0 Å². The zero-order valence-electron chi connectivity index (χ0n) is 12.5. The van der Waals surface area contributed by atoms with Gasteiger partial charge in [-0.15, -0.1) is 0 Å². The fraction of sp³-hybridized carbons (Fsp3) is 0.0500. The number of allylic oxidation sites excluding steroid dienone is 2. The fourth-order valence-corrected chi connectivity index (χ4v) is 2.53. The highest BCUT2D eigenvalue weighted by atomic mass is 15.0. The van der Waals surface area contributed by atoms with Gasteiger partial charge in [0.15, 0.2) is 0 Å². The van der Waals surface area contributed by atoms with Crippen molar-refractivity contribution in [3.05, 3.63) is 84.1 Å². The minimum absolute atomic E-state index is 0.607. The molecule has 1 heterocycles. The summed E-state index contributed by atoms with van der Waals surface area (Å²) < 4.78 is 2.15. The van der Waals surface area contributed by atoms with Crippen LogP contribution in [-0.4, -0.2) is 4.57 Å². The second kappa shape index (κ2) is 5.75. The van der Waals surface area contributed by atoms with Crippen molar-refractivity contribution in [2.75, 3.05) is 0 Å². The van der Waals surface area contributed by atoms with E-state index in [-0.39, 0.29) is 0 Å². The lowest BCUT2D eigenvalue weighted by atomic mass is 10.1. The number of hydrogen-bond acceptors (Lipinski definition) is 1. The summed E-state index contributed by atoms with van der Waals surface area (Å²) in [6, 6.07) is 20.6. The molecule has 0 N–H and O–H groups in total. The standard InChI is InChI=1S/C20H16N2/c1-15(2)16(13-21)12-17-14-22(18-8-4-3-5-9-18)20-11-7-6-10-19(17)20/h3-12,14H,1H2,2H3/b16-12+. The van der Waals surface area contributed by atoms with E-state index < -0.39 is 0 Å². The lowest BCUT2D eigenvalue weighted by molar-refractivity contribution is 1.13. The second-order valence-electron chi connectivity index (χ2n) is 5.26. The van der Waals surface area contributed by atoms with E-state index in [0.29, 0.717) is 5.57 Å². The summed E-state index contributed by atoms with van der Waals surface area (Å²) in [5.74, 6) is 0. The van der Waals surface area contributed by atoms with Crippen molar-refractivity contribution in [2.45, 2.75) is 6.92 Å². The Balaban J connectivity index is 2.26. The smallest absolute Gasteiger partial charge is 0.0994 e. The van der Waals surface area contributed by atoms with Crippen molar-refractivity contribution in [1.29, 1.82) is 5.26 Å². The molecule has 0 aliphatic rings. The number of rotatable bonds is 3. The Bertz CT molecular complexity index is 906. The molecule has 0 amide bonds. The molecular formula is C20H16N2. The van der Waals surface area contributed by atoms with E-state index in [0.717, 1.165) is 27.7 Å². The Morgan fingerprint density at radius 3 is 2.45 bits per heavy atom. The molecule has 0 atom stereocenters. The van der Waals surface area contributed by atoms with Gasteiger partial charge in [0.2, 0.25) is 0 Å². The first-order valence-corrected chi connectivity index (χ1v) is 7.14. The summed E-state index contributed by atoms with van der Waals surface area (Å²) in [4.78, 5) is 0. The van der Waals surface area contributed by atoms with E-state index in [9.17, 15) is 5.26 Å². The quantitative estimate of drug-likeness (QED) is 0.485. The minimum atomic E-state index is 0.607. The van der Waals surface area contributed by atoms with Crippen LogP contribution in [0.15, 0.2) is 78.5 Å². The van der Waals surface area contributed by atoms with Gasteiger partial charge in [-0.2, -0.15) is 5.26 Å². The number of benzene rings is 2. The number of para-hydroxylation sites is 2. The van der Waals surface area contributed by atoms with Crippen molar-refractivity contribution in [3.8, 4) is 11.8 Å². The molecule has 2 nitrogen and oxygen atoms in total. The van der Waals surface area contributed by atoms with Gasteiger partial charge in [-0.1, -0.05) is 43.0 Å². The lowest BCUT2D eigenvalue weighted by Gasteiger charge is -2.04. The normalized spacial score (nSPS) is 11.4. The van der Waals surface area contributed by atoms with E-state index in [1.54, 1.807) is 0 Å². The van der Waals surface area contributed by atoms with Crippen molar-refractivity contribution in [3.63, 3.8) is 0 Å². The van der Waals surface area contributed by atoms with E-state index in [2.05, 4.69) is 47.7 Å². The molecular weight excluding hydrogens is 268 g/mol. The summed E-state index contributed by atoms with van der Waals surface area (Å²) in [6.07, 6.45) is 3.98. The van der Waals surface area contributed by atoms with Gasteiger partial charge in [0, 0.05) is 22.8 Å². The fourth-order valence-electron chi connectivity index (χ4n) is 2.53. The Labute approximate surface area is 130 Å². The van der Waals surface area contributed by atoms with Crippen LogP contribution in [0.25, 0.3) is 22.7 Å². The van der Waals surface area contributed by atoms with Crippen LogP contribution in [0.3, 0.4) is 0 Å². The molecule has 0 aliphatic carbocycles. The molecule has 3 rings (SSSR count). The number of hydrogen-bond donors (Lipinski definition) is 0. The number of nitriles is 1. The number of aromatic nitrogens is 1. The van der Waals surface area contributed by atoms with Crippen LogP contribution in [0.1, 0.15) is 12.5 Å². The number of fused-ring (bicyclic) bond motifs is 1. The molecule has 0 unspecified atom stereocenters. The monoisotopic (exact) mass is 284 g/mol. The van der Waals surface area contributed by atoms with Gasteiger partial charge in [0.1, 0.15) is 0 Å². The summed E-state index contributed by atoms with van der Waals surface area (Å²) in [5, 5.41) is 10.4. The van der Waals surface area contributed by atoms with Crippen molar-refractivity contribution >= 4 is 17.0 Å². The summed E-state index contributed by atoms with van der Waals surface area (Å²) >= 11 is 0. The molecule has 2 heteroatoms. The molecule has 0 saturated carbocycles. The zero-order valence-corrected chi connectivity index (χ0v) is 12.5. The van der Waals surface area contributed by atoms with Gasteiger partial charge in [-0.25, -0.2) is 0 Å². The highest BCUT2D eigenvalue weighted by Crippen LogP contribution is 2.27. The highest BCUT2D eigenvalue weighted by molar-refractivity contribution is 5.92. The summed E-state index contributed by atoms with van der Waals surface area (Å²) in [5.41, 5.74) is 4.64. The first kappa shape index (κ1) is 13.9. The Kier molecular flexibility index (Phi) is 3.64. The molecule has 0 bridgehead atoms. The average molecular weight is 284 g/mol. The van der Waals surface area contributed by atoms with Crippen LogP contribution in [0.2, 0.25) is 0 Å². The summed E-state index contributed by atoms with van der Waals surface area (Å²) in [7, 11) is 0. The SMILES string of the molecule is C=C(C)/C(C#N)=C/c1cn(-c2ccccc2)c2ccccc12. The van der Waals surface area contributed by atoms with Gasteiger partial charge in [-0.05, 0) is 36.8 Å². The Hall–Kier alpha value is -3.05. The Morgan fingerprint density at radius 2 is 1.77 bits per heavy atom. The van der Waals surface area contributed by atoms with E-state index in [1.807, 2.05) is 43.3 Å².